The highest BCUT2D eigenvalue weighted by molar-refractivity contribution is 5.41. The smallest absolute Gasteiger partial charge is 0.122 e. The molecule has 13 heavy (non-hydrogen) atoms. The Morgan fingerprint density at radius 1 is 1.38 bits per heavy atom. The number of phenolic OH excluding ortho intramolecular Hbond substituents is 1. The number of hydrogen-bond acceptors (Lipinski definition) is 2. The van der Waals surface area contributed by atoms with Crippen molar-refractivity contribution in [3.05, 3.63) is 29.3 Å². The maximum atomic E-state index is 9.72. The van der Waals surface area contributed by atoms with E-state index in [-0.39, 0.29) is 12.5 Å². The second-order valence-electron chi connectivity index (χ2n) is 3.30. The van der Waals surface area contributed by atoms with Crippen LogP contribution in [0.4, 0.5) is 0 Å². The number of benzene rings is 1. The fourth-order valence-corrected chi connectivity index (χ4v) is 1.46. The second kappa shape index (κ2) is 4.28. The molecular weight excluding hydrogens is 164 g/mol. The first-order valence-electron chi connectivity index (χ1n) is 4.60. The molecule has 1 aromatic carbocycles. The molecule has 0 heterocycles. The molecule has 0 aliphatic heterocycles. The Morgan fingerprint density at radius 2 is 2.08 bits per heavy atom. The zero-order valence-electron chi connectivity index (χ0n) is 8.12. The van der Waals surface area contributed by atoms with E-state index >= 15 is 0 Å². The van der Waals surface area contributed by atoms with E-state index in [1.165, 1.54) is 0 Å². The van der Waals surface area contributed by atoms with Gasteiger partial charge in [0.15, 0.2) is 0 Å². The third-order valence-corrected chi connectivity index (χ3v) is 2.42. The molecule has 0 aliphatic rings. The van der Waals surface area contributed by atoms with E-state index in [1.807, 2.05) is 32.0 Å². The summed E-state index contributed by atoms with van der Waals surface area (Å²) in [5.41, 5.74) is 1.72. The van der Waals surface area contributed by atoms with Crippen molar-refractivity contribution >= 4 is 0 Å². The molecule has 1 aromatic rings. The van der Waals surface area contributed by atoms with Crippen LogP contribution in [-0.4, -0.2) is 16.8 Å². The topological polar surface area (TPSA) is 40.5 Å². The van der Waals surface area contributed by atoms with Crippen LogP contribution >= 0.6 is 0 Å². The lowest BCUT2D eigenvalue weighted by atomic mass is 9.95. The van der Waals surface area contributed by atoms with E-state index in [0.29, 0.717) is 5.75 Å². The number of aryl methyl sites for hydroxylation is 1. The van der Waals surface area contributed by atoms with Crippen molar-refractivity contribution in [3.8, 4) is 5.75 Å². The molecule has 0 fully saturated rings. The van der Waals surface area contributed by atoms with Crippen molar-refractivity contribution in [1.82, 2.24) is 0 Å². The fourth-order valence-electron chi connectivity index (χ4n) is 1.46. The maximum absolute atomic E-state index is 9.72. The number of phenols is 1. The molecule has 1 unspecified atom stereocenters. The number of rotatable bonds is 3. The summed E-state index contributed by atoms with van der Waals surface area (Å²) in [7, 11) is 0. The van der Waals surface area contributed by atoms with Crippen LogP contribution in [0.2, 0.25) is 0 Å². The van der Waals surface area contributed by atoms with Gasteiger partial charge >= 0.3 is 0 Å². The minimum Gasteiger partial charge on any atom is -0.507 e. The SMILES string of the molecule is CCC(CO)c1cccc(C)c1O. The highest BCUT2D eigenvalue weighted by atomic mass is 16.3. The number of aromatic hydroxyl groups is 1. The zero-order chi connectivity index (χ0) is 9.84. The van der Waals surface area contributed by atoms with Gasteiger partial charge in [0.1, 0.15) is 5.75 Å². The Labute approximate surface area is 78.8 Å². The number of para-hydroxylation sites is 1. The summed E-state index contributed by atoms with van der Waals surface area (Å²) < 4.78 is 0. The van der Waals surface area contributed by atoms with Crippen LogP contribution in [0.1, 0.15) is 30.4 Å². The van der Waals surface area contributed by atoms with Gasteiger partial charge in [-0.15, -0.1) is 0 Å². The van der Waals surface area contributed by atoms with Crippen LogP contribution in [0, 0.1) is 6.92 Å². The highest BCUT2D eigenvalue weighted by Gasteiger charge is 2.12. The summed E-state index contributed by atoms with van der Waals surface area (Å²) in [4.78, 5) is 0. The molecule has 72 valence electrons. The first-order valence-corrected chi connectivity index (χ1v) is 4.60. The van der Waals surface area contributed by atoms with Crippen LogP contribution in [0.25, 0.3) is 0 Å². The quantitative estimate of drug-likeness (QED) is 0.748. The lowest BCUT2D eigenvalue weighted by Crippen LogP contribution is -2.03. The molecular formula is C11H16O2. The molecule has 0 amide bonds. The number of hydrogen-bond donors (Lipinski definition) is 2. The molecule has 1 atom stereocenters. The Bertz CT molecular complexity index is 277. The molecule has 0 spiro atoms. The Balaban J connectivity index is 3.05. The maximum Gasteiger partial charge on any atom is 0.122 e. The first kappa shape index (κ1) is 10.1. The molecule has 2 nitrogen and oxygen atoms in total. The normalized spacial score (nSPS) is 12.8. The van der Waals surface area contributed by atoms with Crippen LogP contribution in [0.3, 0.4) is 0 Å². The third kappa shape index (κ3) is 2.01. The van der Waals surface area contributed by atoms with Gasteiger partial charge in [0.2, 0.25) is 0 Å². The Kier molecular flexibility index (Phi) is 3.32. The summed E-state index contributed by atoms with van der Waals surface area (Å²) in [6.45, 7) is 3.96. The van der Waals surface area contributed by atoms with Crippen molar-refractivity contribution in [2.75, 3.05) is 6.61 Å². The lowest BCUT2D eigenvalue weighted by Gasteiger charge is -2.14. The van der Waals surface area contributed by atoms with Crippen LogP contribution in [-0.2, 0) is 0 Å². The minimum atomic E-state index is 0.0555. The van der Waals surface area contributed by atoms with Gasteiger partial charge in [-0.3, -0.25) is 0 Å². The predicted molar refractivity (Wildman–Crippen MR) is 53.0 cm³/mol. The zero-order valence-corrected chi connectivity index (χ0v) is 8.12. The van der Waals surface area contributed by atoms with Gasteiger partial charge in [0, 0.05) is 5.92 Å². The molecule has 0 aliphatic carbocycles. The largest absolute Gasteiger partial charge is 0.507 e. The van der Waals surface area contributed by atoms with E-state index in [4.69, 9.17) is 5.11 Å². The predicted octanol–water partition coefficient (Wildman–Crippen LogP) is 2.19. The van der Waals surface area contributed by atoms with Crippen molar-refractivity contribution in [3.63, 3.8) is 0 Å². The number of aliphatic hydroxyl groups is 1. The summed E-state index contributed by atoms with van der Waals surface area (Å²) in [6, 6.07) is 5.64. The third-order valence-electron chi connectivity index (χ3n) is 2.42. The molecule has 2 N–H and O–H groups in total. The van der Waals surface area contributed by atoms with Gasteiger partial charge < -0.3 is 10.2 Å². The van der Waals surface area contributed by atoms with Crippen molar-refractivity contribution in [1.29, 1.82) is 0 Å². The Morgan fingerprint density at radius 3 is 2.62 bits per heavy atom. The standard InChI is InChI=1S/C11H16O2/c1-3-9(7-12)10-6-4-5-8(2)11(10)13/h4-6,9,12-13H,3,7H2,1-2H3. The lowest BCUT2D eigenvalue weighted by molar-refractivity contribution is 0.259. The van der Waals surface area contributed by atoms with Gasteiger partial charge in [-0.2, -0.15) is 0 Å². The van der Waals surface area contributed by atoms with Gasteiger partial charge in [0.05, 0.1) is 6.61 Å². The van der Waals surface area contributed by atoms with Crippen molar-refractivity contribution < 1.29 is 10.2 Å². The van der Waals surface area contributed by atoms with E-state index in [2.05, 4.69) is 0 Å². The average molecular weight is 180 g/mol. The molecule has 0 bridgehead atoms. The van der Waals surface area contributed by atoms with E-state index in [9.17, 15) is 5.11 Å². The summed E-state index contributed by atoms with van der Waals surface area (Å²) in [5, 5.41) is 18.8. The van der Waals surface area contributed by atoms with Crippen molar-refractivity contribution in [2.24, 2.45) is 0 Å². The molecule has 0 aromatic heterocycles. The second-order valence-corrected chi connectivity index (χ2v) is 3.30. The van der Waals surface area contributed by atoms with E-state index < -0.39 is 0 Å². The van der Waals surface area contributed by atoms with Crippen LogP contribution < -0.4 is 0 Å². The summed E-state index contributed by atoms with van der Waals surface area (Å²) in [5.74, 6) is 0.378. The Hall–Kier alpha value is -1.02. The highest BCUT2D eigenvalue weighted by Crippen LogP contribution is 2.30. The fraction of sp³-hybridized carbons (Fsp3) is 0.455. The van der Waals surface area contributed by atoms with E-state index in [0.717, 1.165) is 17.5 Å². The van der Waals surface area contributed by atoms with Gasteiger partial charge in [-0.25, -0.2) is 0 Å². The van der Waals surface area contributed by atoms with Crippen LogP contribution in [0.5, 0.6) is 5.75 Å². The minimum absolute atomic E-state index is 0.0555. The molecule has 2 heteroatoms. The molecule has 1 rings (SSSR count). The van der Waals surface area contributed by atoms with Crippen molar-refractivity contribution in [2.45, 2.75) is 26.2 Å². The van der Waals surface area contributed by atoms with Gasteiger partial charge in [0.25, 0.3) is 0 Å². The molecule has 0 radical (unpaired) electrons. The summed E-state index contributed by atoms with van der Waals surface area (Å²) >= 11 is 0. The monoisotopic (exact) mass is 180 g/mol. The van der Waals surface area contributed by atoms with E-state index in [1.54, 1.807) is 0 Å². The average Bonchev–Trinajstić information content (AvgIpc) is 2.14. The van der Waals surface area contributed by atoms with Crippen LogP contribution in [0.15, 0.2) is 18.2 Å². The van der Waals surface area contributed by atoms with Gasteiger partial charge in [-0.1, -0.05) is 25.1 Å². The number of aliphatic hydroxyl groups excluding tert-OH is 1. The first-order chi connectivity index (χ1) is 6.20. The molecule has 0 saturated heterocycles. The van der Waals surface area contributed by atoms with Gasteiger partial charge in [-0.05, 0) is 24.5 Å². The summed E-state index contributed by atoms with van der Waals surface area (Å²) in [6.07, 6.45) is 0.841. The molecule has 0 saturated carbocycles.